The molecule has 2 unspecified atom stereocenters. The molecule has 3 nitrogen and oxygen atoms in total. The summed E-state index contributed by atoms with van der Waals surface area (Å²) >= 11 is 0. The van der Waals surface area contributed by atoms with Gasteiger partial charge in [0.25, 0.3) is 5.91 Å². The minimum atomic E-state index is -4.81. The lowest BCUT2D eigenvalue weighted by Crippen LogP contribution is -2.52. The Morgan fingerprint density at radius 2 is 1.52 bits per heavy atom. The number of hydrogen-bond donors (Lipinski definition) is 1. The number of halogens is 3. The number of anilines is 1. The molecule has 0 saturated heterocycles. The van der Waals surface area contributed by atoms with Gasteiger partial charge in [0.05, 0.1) is 0 Å². The molecule has 3 aromatic rings. The molecule has 1 aliphatic rings. The fraction of sp³-hybridized carbons (Fsp3) is 0.174. The second-order valence-electron chi connectivity index (χ2n) is 7.14. The molecule has 0 bridgehead atoms. The normalized spacial score (nSPS) is 19.9. The lowest BCUT2D eigenvalue weighted by molar-refractivity contribution is -0.197. The van der Waals surface area contributed by atoms with Gasteiger partial charge in [-0.2, -0.15) is 13.2 Å². The molecule has 1 amide bonds. The molecule has 0 fully saturated rings. The van der Waals surface area contributed by atoms with E-state index in [0.717, 1.165) is 10.5 Å². The number of para-hydroxylation sites is 1. The van der Waals surface area contributed by atoms with Crippen LogP contribution in [0.3, 0.4) is 0 Å². The average molecular weight is 397 g/mol. The SMILES string of the molecule is Cc1ccc2c(c1)C(=O)N(c1ccccc1)C2(O)C(c1ccccc1)C(F)(F)F. The van der Waals surface area contributed by atoms with Gasteiger partial charge in [-0.1, -0.05) is 66.2 Å². The molecule has 1 aliphatic heterocycles. The largest absolute Gasteiger partial charge is 0.400 e. The predicted molar refractivity (Wildman–Crippen MR) is 104 cm³/mol. The third kappa shape index (κ3) is 3.00. The zero-order chi connectivity index (χ0) is 20.8. The van der Waals surface area contributed by atoms with Crippen LogP contribution in [0.4, 0.5) is 18.9 Å². The van der Waals surface area contributed by atoms with E-state index in [1.165, 1.54) is 48.5 Å². The van der Waals surface area contributed by atoms with Gasteiger partial charge in [0.1, 0.15) is 5.92 Å². The molecular weight excluding hydrogens is 379 g/mol. The second-order valence-corrected chi connectivity index (χ2v) is 7.14. The lowest BCUT2D eigenvalue weighted by Gasteiger charge is -2.41. The van der Waals surface area contributed by atoms with E-state index >= 15 is 0 Å². The van der Waals surface area contributed by atoms with Gasteiger partial charge in [-0.25, -0.2) is 0 Å². The molecule has 1 heterocycles. The third-order valence-electron chi connectivity index (χ3n) is 5.22. The highest BCUT2D eigenvalue weighted by atomic mass is 19.4. The molecule has 3 aromatic carbocycles. The smallest absolute Gasteiger partial charge is 0.366 e. The predicted octanol–water partition coefficient (Wildman–Crippen LogP) is 5.15. The lowest BCUT2D eigenvalue weighted by atomic mass is 9.82. The van der Waals surface area contributed by atoms with Gasteiger partial charge in [0.15, 0.2) is 5.72 Å². The summed E-state index contributed by atoms with van der Waals surface area (Å²) in [5, 5.41) is 11.8. The highest BCUT2D eigenvalue weighted by molar-refractivity contribution is 6.12. The first kappa shape index (κ1) is 19.2. The van der Waals surface area contributed by atoms with Crippen molar-refractivity contribution in [2.75, 3.05) is 4.90 Å². The summed E-state index contributed by atoms with van der Waals surface area (Å²) in [6.45, 7) is 1.75. The first-order chi connectivity index (χ1) is 13.7. The van der Waals surface area contributed by atoms with Crippen LogP contribution in [0.15, 0.2) is 78.9 Å². The molecule has 2 atom stereocenters. The Balaban J connectivity index is 2.03. The molecule has 0 saturated carbocycles. The van der Waals surface area contributed by atoms with E-state index in [1.807, 2.05) is 0 Å². The molecule has 148 valence electrons. The second kappa shape index (κ2) is 6.74. The van der Waals surface area contributed by atoms with Crippen LogP contribution in [0.25, 0.3) is 0 Å². The van der Waals surface area contributed by atoms with Gasteiger partial charge in [-0.3, -0.25) is 9.69 Å². The summed E-state index contributed by atoms with van der Waals surface area (Å²) in [7, 11) is 0. The van der Waals surface area contributed by atoms with Crippen molar-refractivity contribution in [2.24, 2.45) is 0 Å². The van der Waals surface area contributed by atoms with Crippen molar-refractivity contribution in [3.05, 3.63) is 101 Å². The van der Waals surface area contributed by atoms with Crippen LogP contribution in [0, 0.1) is 6.92 Å². The van der Waals surface area contributed by atoms with Crippen LogP contribution in [-0.2, 0) is 5.72 Å². The molecule has 0 radical (unpaired) electrons. The van der Waals surface area contributed by atoms with E-state index in [1.54, 1.807) is 37.3 Å². The minimum absolute atomic E-state index is 0.0527. The Hall–Kier alpha value is -3.12. The van der Waals surface area contributed by atoms with Gasteiger partial charge in [0, 0.05) is 16.8 Å². The van der Waals surface area contributed by atoms with Gasteiger partial charge < -0.3 is 5.11 Å². The highest BCUT2D eigenvalue weighted by Crippen LogP contribution is 2.54. The van der Waals surface area contributed by atoms with Crippen LogP contribution in [-0.4, -0.2) is 17.2 Å². The summed E-state index contributed by atoms with van der Waals surface area (Å²) in [6, 6.07) is 19.7. The molecule has 0 aliphatic carbocycles. The Kier molecular flexibility index (Phi) is 4.46. The molecule has 1 N–H and O–H groups in total. The summed E-state index contributed by atoms with van der Waals surface area (Å²) < 4.78 is 43.2. The standard InChI is InChI=1S/C23H18F3NO2/c1-15-12-13-19-18(14-15)21(28)27(17-10-6-3-7-11-17)22(19,29)20(23(24,25)26)16-8-4-2-5-9-16/h2-14,20,29H,1H3. The Morgan fingerprint density at radius 1 is 0.931 bits per heavy atom. The zero-order valence-corrected chi connectivity index (χ0v) is 15.5. The molecule has 4 rings (SSSR count). The maximum absolute atomic E-state index is 14.4. The van der Waals surface area contributed by atoms with Crippen molar-refractivity contribution in [2.45, 2.75) is 24.7 Å². The van der Waals surface area contributed by atoms with Crippen LogP contribution < -0.4 is 4.90 Å². The summed E-state index contributed by atoms with van der Waals surface area (Å²) in [5.41, 5.74) is -1.81. The number of amides is 1. The number of aliphatic hydroxyl groups is 1. The van der Waals surface area contributed by atoms with Gasteiger partial charge in [-0.05, 0) is 30.7 Å². The number of nitrogens with zero attached hydrogens (tertiary/aromatic N) is 1. The maximum Gasteiger partial charge on any atom is 0.400 e. The van der Waals surface area contributed by atoms with E-state index < -0.39 is 23.7 Å². The van der Waals surface area contributed by atoms with Crippen molar-refractivity contribution < 1.29 is 23.1 Å². The van der Waals surface area contributed by atoms with E-state index in [4.69, 9.17) is 0 Å². The molecule has 29 heavy (non-hydrogen) atoms. The van der Waals surface area contributed by atoms with Gasteiger partial charge in [0.2, 0.25) is 0 Å². The van der Waals surface area contributed by atoms with Crippen molar-refractivity contribution in [3.63, 3.8) is 0 Å². The van der Waals surface area contributed by atoms with Crippen LogP contribution >= 0.6 is 0 Å². The van der Waals surface area contributed by atoms with E-state index in [-0.39, 0.29) is 22.4 Å². The molecule has 0 aromatic heterocycles. The van der Waals surface area contributed by atoms with Crippen molar-refractivity contribution >= 4 is 11.6 Å². The highest BCUT2D eigenvalue weighted by Gasteiger charge is 2.63. The zero-order valence-electron chi connectivity index (χ0n) is 15.5. The maximum atomic E-state index is 14.4. The number of hydrogen-bond acceptors (Lipinski definition) is 2. The number of carbonyl (C=O) groups is 1. The monoisotopic (exact) mass is 397 g/mol. The number of fused-ring (bicyclic) bond motifs is 1. The van der Waals surface area contributed by atoms with Crippen LogP contribution in [0.5, 0.6) is 0 Å². The van der Waals surface area contributed by atoms with Gasteiger partial charge >= 0.3 is 6.18 Å². The molecule has 6 heteroatoms. The fourth-order valence-electron chi connectivity index (χ4n) is 4.02. The summed E-state index contributed by atoms with van der Waals surface area (Å²) in [5.74, 6) is -2.99. The van der Waals surface area contributed by atoms with Crippen LogP contribution in [0.1, 0.15) is 33.0 Å². The molecular formula is C23H18F3NO2. The summed E-state index contributed by atoms with van der Waals surface area (Å²) in [6.07, 6.45) is -4.81. The molecule has 0 spiro atoms. The third-order valence-corrected chi connectivity index (χ3v) is 5.22. The quantitative estimate of drug-likeness (QED) is 0.664. The summed E-state index contributed by atoms with van der Waals surface area (Å²) in [4.78, 5) is 14.1. The number of carbonyl (C=O) groups excluding carboxylic acids is 1. The fourth-order valence-corrected chi connectivity index (χ4v) is 4.02. The number of aryl methyl sites for hydroxylation is 1. The van der Waals surface area contributed by atoms with Gasteiger partial charge in [-0.15, -0.1) is 0 Å². The Labute approximate surface area is 166 Å². The topological polar surface area (TPSA) is 40.5 Å². The van der Waals surface area contributed by atoms with E-state index in [9.17, 15) is 23.1 Å². The number of rotatable bonds is 3. The van der Waals surface area contributed by atoms with Crippen molar-refractivity contribution in [3.8, 4) is 0 Å². The number of benzene rings is 3. The first-order valence-electron chi connectivity index (χ1n) is 9.09. The van der Waals surface area contributed by atoms with E-state index in [2.05, 4.69) is 0 Å². The number of alkyl halides is 3. The minimum Gasteiger partial charge on any atom is -0.366 e. The first-order valence-corrected chi connectivity index (χ1v) is 9.09. The van der Waals surface area contributed by atoms with E-state index in [0.29, 0.717) is 0 Å². The van der Waals surface area contributed by atoms with Crippen molar-refractivity contribution in [1.29, 1.82) is 0 Å². The Bertz CT molecular complexity index is 1050. The average Bonchev–Trinajstić information content (AvgIpc) is 2.89. The van der Waals surface area contributed by atoms with Crippen molar-refractivity contribution in [1.82, 2.24) is 0 Å². The van der Waals surface area contributed by atoms with Crippen LogP contribution in [0.2, 0.25) is 0 Å². The Morgan fingerprint density at radius 3 is 2.10 bits per heavy atom.